The second kappa shape index (κ2) is 6.07. The standard InChI is InChI=1S/C11H10Br2O4/c1-2-17-8(14)4-3-6-5-7(12)11(16)9(13)10(6)15/h3-5,15-16H,2H2,1H3. The van der Waals surface area contributed by atoms with Gasteiger partial charge in [-0.05, 0) is 50.9 Å². The molecule has 0 aliphatic rings. The molecule has 17 heavy (non-hydrogen) atoms. The summed E-state index contributed by atoms with van der Waals surface area (Å²) in [6.07, 6.45) is 2.61. The molecular weight excluding hydrogens is 356 g/mol. The maximum Gasteiger partial charge on any atom is 0.330 e. The van der Waals surface area contributed by atoms with Gasteiger partial charge in [0.05, 0.1) is 11.1 Å². The van der Waals surface area contributed by atoms with E-state index in [4.69, 9.17) is 4.74 Å². The smallest absolute Gasteiger partial charge is 0.330 e. The first-order valence-corrected chi connectivity index (χ1v) is 6.30. The molecule has 0 bridgehead atoms. The zero-order valence-corrected chi connectivity index (χ0v) is 12.1. The molecule has 92 valence electrons. The zero-order chi connectivity index (χ0) is 13.0. The Kier molecular flexibility index (Phi) is 5.02. The number of phenolic OH excluding ortho intramolecular Hbond substituents is 2. The number of phenols is 2. The number of carbonyl (C=O) groups is 1. The number of hydrogen-bond acceptors (Lipinski definition) is 4. The average Bonchev–Trinajstić information content (AvgIpc) is 2.30. The first-order chi connectivity index (χ1) is 7.97. The summed E-state index contributed by atoms with van der Waals surface area (Å²) in [7, 11) is 0. The van der Waals surface area contributed by atoms with E-state index in [-0.39, 0.29) is 22.6 Å². The maximum atomic E-state index is 11.1. The largest absolute Gasteiger partial charge is 0.506 e. The van der Waals surface area contributed by atoms with Crippen LogP contribution in [0.4, 0.5) is 0 Å². The van der Waals surface area contributed by atoms with Gasteiger partial charge in [0.15, 0.2) is 0 Å². The second-order valence-electron chi connectivity index (χ2n) is 3.04. The Hall–Kier alpha value is -1.01. The normalized spacial score (nSPS) is 10.8. The topological polar surface area (TPSA) is 66.8 Å². The van der Waals surface area contributed by atoms with Crippen molar-refractivity contribution in [3.05, 3.63) is 26.7 Å². The minimum atomic E-state index is -0.493. The highest BCUT2D eigenvalue weighted by atomic mass is 79.9. The summed E-state index contributed by atoms with van der Waals surface area (Å²) in [5.41, 5.74) is 0.384. The van der Waals surface area contributed by atoms with Crippen LogP contribution in [0.3, 0.4) is 0 Å². The van der Waals surface area contributed by atoms with E-state index < -0.39 is 5.97 Å². The van der Waals surface area contributed by atoms with E-state index in [9.17, 15) is 15.0 Å². The summed E-state index contributed by atoms with van der Waals surface area (Å²) < 4.78 is 5.28. The predicted molar refractivity (Wildman–Crippen MR) is 70.8 cm³/mol. The van der Waals surface area contributed by atoms with Crippen LogP contribution in [0, 0.1) is 0 Å². The van der Waals surface area contributed by atoms with E-state index in [2.05, 4.69) is 31.9 Å². The van der Waals surface area contributed by atoms with Gasteiger partial charge < -0.3 is 14.9 Å². The predicted octanol–water partition coefficient (Wildman–Crippen LogP) is 3.20. The summed E-state index contributed by atoms with van der Waals surface area (Å²) >= 11 is 6.17. The molecule has 0 spiro atoms. The molecule has 0 fully saturated rings. The van der Waals surface area contributed by atoms with Crippen molar-refractivity contribution < 1.29 is 19.7 Å². The number of carbonyl (C=O) groups excluding carboxylic acids is 1. The number of aromatic hydroxyl groups is 2. The molecule has 6 heteroatoms. The molecule has 4 nitrogen and oxygen atoms in total. The van der Waals surface area contributed by atoms with Crippen molar-refractivity contribution in [1.29, 1.82) is 0 Å². The molecule has 0 amide bonds. The molecule has 2 N–H and O–H groups in total. The summed E-state index contributed by atoms with van der Waals surface area (Å²) in [4.78, 5) is 11.1. The quantitative estimate of drug-likeness (QED) is 0.637. The highest BCUT2D eigenvalue weighted by Crippen LogP contribution is 2.41. The first-order valence-electron chi connectivity index (χ1n) is 4.72. The van der Waals surface area contributed by atoms with Gasteiger partial charge in [-0.2, -0.15) is 0 Å². The van der Waals surface area contributed by atoms with E-state index in [0.717, 1.165) is 0 Å². The van der Waals surface area contributed by atoms with Gasteiger partial charge in [0.1, 0.15) is 16.0 Å². The molecule has 0 aliphatic carbocycles. The summed E-state index contributed by atoms with van der Waals surface area (Å²) in [5.74, 6) is -0.741. The van der Waals surface area contributed by atoms with Crippen molar-refractivity contribution in [1.82, 2.24) is 0 Å². The van der Waals surface area contributed by atoms with E-state index in [1.54, 1.807) is 6.92 Å². The van der Waals surface area contributed by atoms with Gasteiger partial charge in [0.2, 0.25) is 0 Å². The fraction of sp³-hybridized carbons (Fsp3) is 0.182. The van der Waals surface area contributed by atoms with Crippen molar-refractivity contribution in [2.75, 3.05) is 6.61 Å². The molecule has 0 aromatic heterocycles. The number of halogens is 2. The van der Waals surface area contributed by atoms with Crippen LogP contribution in [0.2, 0.25) is 0 Å². The van der Waals surface area contributed by atoms with Crippen molar-refractivity contribution >= 4 is 43.9 Å². The summed E-state index contributed by atoms with van der Waals surface area (Å²) in [6, 6.07) is 1.49. The van der Waals surface area contributed by atoms with Crippen LogP contribution in [0.15, 0.2) is 21.1 Å². The van der Waals surface area contributed by atoms with Gasteiger partial charge in [-0.25, -0.2) is 4.79 Å². The highest BCUT2D eigenvalue weighted by molar-refractivity contribution is 9.11. The number of ether oxygens (including phenoxy) is 1. The molecular formula is C11H10Br2O4. The Bertz CT molecular complexity index is 469. The van der Waals surface area contributed by atoms with E-state index in [1.165, 1.54) is 18.2 Å². The van der Waals surface area contributed by atoms with E-state index in [0.29, 0.717) is 10.0 Å². The Morgan fingerprint density at radius 3 is 2.65 bits per heavy atom. The van der Waals surface area contributed by atoms with Crippen LogP contribution in [-0.4, -0.2) is 22.8 Å². The van der Waals surface area contributed by atoms with Gasteiger partial charge in [-0.3, -0.25) is 0 Å². The van der Waals surface area contributed by atoms with Gasteiger partial charge in [-0.1, -0.05) is 0 Å². The van der Waals surface area contributed by atoms with Crippen LogP contribution >= 0.6 is 31.9 Å². The number of esters is 1. The molecule has 1 aromatic carbocycles. The lowest BCUT2D eigenvalue weighted by Gasteiger charge is -2.06. The van der Waals surface area contributed by atoms with E-state index in [1.807, 2.05) is 0 Å². The third-order valence-electron chi connectivity index (χ3n) is 1.88. The van der Waals surface area contributed by atoms with Crippen LogP contribution in [0.25, 0.3) is 6.08 Å². The number of hydrogen-bond donors (Lipinski definition) is 2. The van der Waals surface area contributed by atoms with Crippen LogP contribution in [-0.2, 0) is 9.53 Å². The molecule has 0 aliphatic heterocycles. The lowest BCUT2D eigenvalue weighted by Crippen LogP contribution is -1.98. The Labute approximate surface area is 115 Å². The number of rotatable bonds is 3. The molecule has 1 aromatic rings. The van der Waals surface area contributed by atoms with Gasteiger partial charge in [0.25, 0.3) is 0 Å². The van der Waals surface area contributed by atoms with E-state index >= 15 is 0 Å². The van der Waals surface area contributed by atoms with Gasteiger partial charge >= 0.3 is 5.97 Å². The lowest BCUT2D eigenvalue weighted by molar-refractivity contribution is -0.137. The van der Waals surface area contributed by atoms with Gasteiger partial charge in [-0.15, -0.1) is 0 Å². The molecule has 0 radical (unpaired) electrons. The second-order valence-corrected chi connectivity index (χ2v) is 4.69. The van der Waals surface area contributed by atoms with Crippen molar-refractivity contribution in [3.8, 4) is 11.5 Å². The summed E-state index contributed by atoms with van der Waals surface area (Å²) in [5, 5.41) is 19.2. The third kappa shape index (κ3) is 3.47. The summed E-state index contributed by atoms with van der Waals surface area (Å²) in [6.45, 7) is 2.00. The molecule has 0 unspecified atom stereocenters. The molecule has 0 saturated carbocycles. The average molecular weight is 366 g/mol. The van der Waals surface area contributed by atoms with Crippen molar-refractivity contribution in [2.24, 2.45) is 0 Å². The number of benzene rings is 1. The minimum Gasteiger partial charge on any atom is -0.506 e. The maximum absolute atomic E-state index is 11.1. The highest BCUT2D eigenvalue weighted by Gasteiger charge is 2.12. The molecule has 0 saturated heterocycles. The Morgan fingerprint density at radius 2 is 2.06 bits per heavy atom. The van der Waals surface area contributed by atoms with Crippen LogP contribution in [0.1, 0.15) is 12.5 Å². The zero-order valence-electron chi connectivity index (χ0n) is 8.91. The molecule has 0 heterocycles. The fourth-order valence-corrected chi connectivity index (χ4v) is 2.25. The lowest BCUT2D eigenvalue weighted by atomic mass is 10.2. The van der Waals surface area contributed by atoms with Crippen molar-refractivity contribution in [2.45, 2.75) is 6.92 Å². The molecule has 1 rings (SSSR count). The SMILES string of the molecule is CCOC(=O)C=Cc1cc(Br)c(O)c(Br)c1O. The third-order valence-corrected chi connectivity index (χ3v) is 3.24. The first kappa shape index (κ1) is 14.1. The van der Waals surface area contributed by atoms with Crippen LogP contribution in [0.5, 0.6) is 11.5 Å². The van der Waals surface area contributed by atoms with Gasteiger partial charge in [0, 0.05) is 11.6 Å². The van der Waals surface area contributed by atoms with Crippen LogP contribution < -0.4 is 0 Å². The Balaban J connectivity index is 3.04. The van der Waals surface area contributed by atoms with Crippen molar-refractivity contribution in [3.63, 3.8) is 0 Å². The monoisotopic (exact) mass is 364 g/mol. The minimum absolute atomic E-state index is 0.101. The molecule has 0 atom stereocenters. The Morgan fingerprint density at radius 1 is 1.41 bits per heavy atom. The fourth-order valence-electron chi connectivity index (χ4n) is 1.09.